The summed E-state index contributed by atoms with van der Waals surface area (Å²) in [6, 6.07) is 12.3. The molecule has 0 bridgehead atoms. The van der Waals surface area contributed by atoms with Crippen LogP contribution >= 0.6 is 0 Å². The van der Waals surface area contributed by atoms with E-state index in [9.17, 15) is 4.79 Å². The Morgan fingerprint density at radius 2 is 1.74 bits per heavy atom. The van der Waals surface area contributed by atoms with Crippen molar-refractivity contribution in [2.45, 2.75) is 44.9 Å². The number of anilines is 2. The highest BCUT2D eigenvalue weighted by Crippen LogP contribution is 2.33. The van der Waals surface area contributed by atoms with Crippen LogP contribution < -0.4 is 10.9 Å². The summed E-state index contributed by atoms with van der Waals surface area (Å²) in [7, 11) is 0. The molecule has 1 saturated carbocycles. The molecule has 4 aromatic rings. The van der Waals surface area contributed by atoms with Crippen molar-refractivity contribution in [1.82, 2.24) is 19.9 Å². The van der Waals surface area contributed by atoms with Gasteiger partial charge in [0.1, 0.15) is 11.6 Å². The molecule has 156 valence electrons. The number of rotatable bonds is 4. The lowest BCUT2D eigenvalue weighted by molar-refractivity contribution is 0.443. The van der Waals surface area contributed by atoms with Crippen LogP contribution in [0.25, 0.3) is 22.0 Å². The van der Waals surface area contributed by atoms with Gasteiger partial charge in [-0.15, -0.1) is 0 Å². The van der Waals surface area contributed by atoms with E-state index in [4.69, 9.17) is 4.98 Å². The van der Waals surface area contributed by atoms with E-state index >= 15 is 0 Å². The average Bonchev–Trinajstić information content (AvgIpc) is 2.80. The van der Waals surface area contributed by atoms with E-state index in [1.54, 1.807) is 18.6 Å². The van der Waals surface area contributed by atoms with Crippen LogP contribution in [0.1, 0.15) is 49.4 Å². The highest BCUT2D eigenvalue weighted by atomic mass is 16.1. The third kappa shape index (κ3) is 4.06. The third-order valence-corrected chi connectivity index (χ3v) is 6.08. The van der Waals surface area contributed by atoms with Gasteiger partial charge < -0.3 is 10.3 Å². The van der Waals surface area contributed by atoms with Gasteiger partial charge in [0.25, 0.3) is 5.56 Å². The van der Waals surface area contributed by atoms with Crippen LogP contribution in [0.5, 0.6) is 0 Å². The molecule has 0 amide bonds. The van der Waals surface area contributed by atoms with Gasteiger partial charge in [-0.3, -0.25) is 4.79 Å². The Morgan fingerprint density at radius 3 is 2.48 bits per heavy atom. The predicted octanol–water partition coefficient (Wildman–Crippen LogP) is 5.48. The predicted molar refractivity (Wildman–Crippen MR) is 124 cm³/mol. The van der Waals surface area contributed by atoms with Gasteiger partial charge >= 0.3 is 0 Å². The zero-order valence-corrected chi connectivity index (χ0v) is 17.6. The van der Waals surface area contributed by atoms with Crippen LogP contribution in [0, 0.1) is 6.92 Å². The first-order chi connectivity index (χ1) is 15.2. The minimum absolute atomic E-state index is 0.168. The number of H-pyrrole nitrogens is 1. The van der Waals surface area contributed by atoms with E-state index in [0.717, 1.165) is 22.3 Å². The van der Waals surface area contributed by atoms with E-state index in [1.807, 2.05) is 19.1 Å². The van der Waals surface area contributed by atoms with Crippen LogP contribution in [0.15, 0.2) is 59.8 Å². The molecule has 6 nitrogen and oxygen atoms in total. The molecule has 0 atom stereocenters. The van der Waals surface area contributed by atoms with Crippen molar-refractivity contribution in [2.24, 2.45) is 0 Å². The van der Waals surface area contributed by atoms with Crippen molar-refractivity contribution < 1.29 is 0 Å². The first-order valence-electron chi connectivity index (χ1n) is 10.9. The van der Waals surface area contributed by atoms with Gasteiger partial charge in [-0.05, 0) is 60.9 Å². The summed E-state index contributed by atoms with van der Waals surface area (Å²) >= 11 is 0. The maximum Gasteiger partial charge on any atom is 0.259 e. The Bertz CT molecular complexity index is 1260. The smallest absolute Gasteiger partial charge is 0.259 e. The van der Waals surface area contributed by atoms with Gasteiger partial charge in [0.2, 0.25) is 0 Å². The van der Waals surface area contributed by atoms with Crippen molar-refractivity contribution >= 4 is 22.3 Å². The summed E-state index contributed by atoms with van der Waals surface area (Å²) in [6.07, 6.45) is 11.7. The van der Waals surface area contributed by atoms with Gasteiger partial charge in [0.05, 0.1) is 11.1 Å². The van der Waals surface area contributed by atoms with E-state index in [-0.39, 0.29) is 5.56 Å². The second-order valence-corrected chi connectivity index (χ2v) is 8.23. The topological polar surface area (TPSA) is 83.6 Å². The third-order valence-electron chi connectivity index (χ3n) is 6.08. The Labute approximate surface area is 180 Å². The largest absolute Gasteiger partial charge is 0.340 e. The van der Waals surface area contributed by atoms with Crippen molar-refractivity contribution in [3.8, 4) is 11.3 Å². The lowest BCUT2D eigenvalue weighted by Crippen LogP contribution is -2.09. The Kier molecular flexibility index (Phi) is 5.20. The Morgan fingerprint density at radius 1 is 1.00 bits per heavy atom. The molecule has 0 radical (unpaired) electrons. The summed E-state index contributed by atoms with van der Waals surface area (Å²) in [5.41, 5.74) is 3.67. The van der Waals surface area contributed by atoms with Gasteiger partial charge in [-0.25, -0.2) is 15.0 Å². The number of aromatic nitrogens is 4. The number of aryl methyl sites for hydroxylation is 1. The number of nitrogens with one attached hydrogen (secondary N) is 2. The maximum atomic E-state index is 12.6. The number of nitrogens with zero attached hydrogens (tertiary/aromatic N) is 3. The highest BCUT2D eigenvalue weighted by molar-refractivity contribution is 5.95. The number of hydrogen-bond donors (Lipinski definition) is 2. The van der Waals surface area contributed by atoms with Crippen LogP contribution in [-0.2, 0) is 0 Å². The summed E-state index contributed by atoms with van der Waals surface area (Å²) in [4.78, 5) is 28.7. The molecule has 6 heteroatoms. The van der Waals surface area contributed by atoms with Crippen molar-refractivity contribution in [1.29, 1.82) is 0 Å². The molecule has 1 aromatic carbocycles. The first kappa shape index (κ1) is 19.4. The highest BCUT2D eigenvalue weighted by Gasteiger charge is 2.16. The molecule has 0 unspecified atom stereocenters. The maximum absolute atomic E-state index is 12.6. The first-order valence-corrected chi connectivity index (χ1v) is 10.9. The molecule has 0 spiro atoms. The standard InChI is InChI=1S/C25H25N5O/c1-16-27-14-20(15-28-16)22-13-19-11-12-26-25(31)23(19)24(30-22)29-21-9-7-18(8-10-21)17-5-3-2-4-6-17/h7-15,17H,2-6H2,1H3,(H,26,31)(H,29,30). The number of fused-ring (bicyclic) bond motifs is 1. The molecular formula is C25H25N5O. The van der Waals surface area contributed by atoms with Crippen LogP contribution in [0.2, 0.25) is 0 Å². The van der Waals surface area contributed by atoms with E-state index in [1.165, 1.54) is 37.7 Å². The molecule has 31 heavy (non-hydrogen) atoms. The van der Waals surface area contributed by atoms with Gasteiger partial charge in [-0.2, -0.15) is 0 Å². The van der Waals surface area contributed by atoms with Crippen molar-refractivity contribution in [3.05, 3.63) is 76.7 Å². The molecule has 0 aliphatic heterocycles. The van der Waals surface area contributed by atoms with Crippen LogP contribution in [0.4, 0.5) is 11.5 Å². The quantitative estimate of drug-likeness (QED) is 0.465. The summed E-state index contributed by atoms with van der Waals surface area (Å²) in [5.74, 6) is 1.90. The monoisotopic (exact) mass is 411 g/mol. The van der Waals surface area contributed by atoms with E-state index in [0.29, 0.717) is 22.9 Å². The normalized spacial score (nSPS) is 14.6. The molecule has 1 aliphatic carbocycles. The number of pyridine rings is 2. The number of benzene rings is 1. The zero-order valence-electron chi connectivity index (χ0n) is 17.6. The van der Waals surface area contributed by atoms with Crippen LogP contribution in [0.3, 0.4) is 0 Å². The lowest BCUT2D eigenvalue weighted by atomic mass is 9.84. The van der Waals surface area contributed by atoms with Gasteiger partial charge in [0.15, 0.2) is 0 Å². The molecule has 2 N–H and O–H groups in total. The average molecular weight is 412 g/mol. The fourth-order valence-corrected chi connectivity index (χ4v) is 4.39. The Balaban J connectivity index is 1.52. The molecule has 3 heterocycles. The molecular weight excluding hydrogens is 386 g/mol. The van der Waals surface area contributed by atoms with Crippen molar-refractivity contribution in [2.75, 3.05) is 5.32 Å². The van der Waals surface area contributed by atoms with Gasteiger partial charge in [0, 0.05) is 29.8 Å². The summed E-state index contributed by atoms with van der Waals surface area (Å²) in [5, 5.41) is 4.72. The summed E-state index contributed by atoms with van der Waals surface area (Å²) in [6.45, 7) is 1.85. The lowest BCUT2D eigenvalue weighted by Gasteiger charge is -2.22. The van der Waals surface area contributed by atoms with Crippen molar-refractivity contribution in [3.63, 3.8) is 0 Å². The number of hydrogen-bond acceptors (Lipinski definition) is 5. The molecule has 3 aromatic heterocycles. The van der Waals surface area contributed by atoms with Gasteiger partial charge in [-0.1, -0.05) is 31.4 Å². The SMILES string of the molecule is Cc1ncc(-c2cc3cc[nH]c(=O)c3c(Nc3ccc(C4CCCCC4)cc3)n2)cn1. The number of aromatic amines is 1. The molecule has 1 fully saturated rings. The zero-order chi connectivity index (χ0) is 21.2. The molecule has 1 aliphatic rings. The fourth-order valence-electron chi connectivity index (χ4n) is 4.39. The minimum Gasteiger partial charge on any atom is -0.340 e. The summed E-state index contributed by atoms with van der Waals surface area (Å²) < 4.78 is 0. The minimum atomic E-state index is -0.168. The Hall–Kier alpha value is -3.54. The van der Waals surface area contributed by atoms with E-state index in [2.05, 4.69) is 44.5 Å². The van der Waals surface area contributed by atoms with Crippen LogP contribution in [-0.4, -0.2) is 19.9 Å². The van der Waals surface area contributed by atoms with E-state index < -0.39 is 0 Å². The molecule has 0 saturated heterocycles. The fraction of sp³-hybridized carbons (Fsp3) is 0.280. The second kappa shape index (κ2) is 8.30. The second-order valence-electron chi connectivity index (χ2n) is 8.23. The molecule has 5 rings (SSSR count).